The molecule has 2 saturated heterocycles. The molecule has 0 aromatic carbocycles. The first-order valence-corrected chi connectivity index (χ1v) is 7.49. The number of pyridine rings is 1. The van der Waals surface area contributed by atoms with Crippen molar-refractivity contribution in [3.8, 4) is 0 Å². The predicted octanol–water partition coefficient (Wildman–Crippen LogP) is 3.72. The number of fused-ring (bicyclic) bond motifs is 3. The SMILES string of the molecule is BrC1CC2CCC(C1)N2c1nccc2occc12. The number of hydrogen-bond acceptors (Lipinski definition) is 3. The van der Waals surface area contributed by atoms with Crippen molar-refractivity contribution < 1.29 is 4.42 Å². The average molecular weight is 307 g/mol. The third-order valence-corrected chi connectivity index (χ3v) is 5.03. The predicted molar refractivity (Wildman–Crippen MR) is 75.2 cm³/mol. The van der Waals surface area contributed by atoms with E-state index < -0.39 is 0 Å². The zero-order valence-corrected chi connectivity index (χ0v) is 11.6. The Morgan fingerprint density at radius 3 is 2.78 bits per heavy atom. The van der Waals surface area contributed by atoms with Gasteiger partial charge in [0.1, 0.15) is 11.4 Å². The van der Waals surface area contributed by atoms with Gasteiger partial charge in [-0.2, -0.15) is 0 Å². The molecule has 4 heterocycles. The maximum absolute atomic E-state index is 5.49. The number of nitrogens with zero attached hydrogens (tertiary/aromatic N) is 2. The van der Waals surface area contributed by atoms with Gasteiger partial charge in [0, 0.05) is 23.1 Å². The fraction of sp³-hybridized carbons (Fsp3) is 0.500. The number of aromatic nitrogens is 1. The second-order valence-electron chi connectivity index (χ2n) is 5.33. The number of halogens is 1. The molecule has 0 amide bonds. The molecule has 18 heavy (non-hydrogen) atoms. The van der Waals surface area contributed by atoms with Crippen LogP contribution in [0.4, 0.5) is 5.82 Å². The van der Waals surface area contributed by atoms with Crippen molar-refractivity contribution in [2.75, 3.05) is 4.90 Å². The lowest BCUT2D eigenvalue weighted by Gasteiger charge is -2.38. The molecule has 4 heteroatoms. The summed E-state index contributed by atoms with van der Waals surface area (Å²) >= 11 is 3.79. The summed E-state index contributed by atoms with van der Waals surface area (Å²) in [4.78, 5) is 7.83. The fourth-order valence-electron chi connectivity index (χ4n) is 3.54. The van der Waals surface area contributed by atoms with Crippen LogP contribution in [-0.2, 0) is 0 Å². The van der Waals surface area contributed by atoms with E-state index in [1.807, 2.05) is 18.3 Å². The largest absolute Gasteiger partial charge is 0.464 e. The van der Waals surface area contributed by atoms with Crippen molar-refractivity contribution in [2.24, 2.45) is 0 Å². The lowest BCUT2D eigenvalue weighted by atomic mass is 10.0. The van der Waals surface area contributed by atoms with Crippen LogP contribution < -0.4 is 4.90 Å². The van der Waals surface area contributed by atoms with Gasteiger partial charge >= 0.3 is 0 Å². The molecular formula is C14H15BrN2O. The van der Waals surface area contributed by atoms with Crippen LogP contribution in [0.5, 0.6) is 0 Å². The highest BCUT2D eigenvalue weighted by Gasteiger charge is 2.41. The second kappa shape index (κ2) is 3.98. The molecular weight excluding hydrogens is 292 g/mol. The highest BCUT2D eigenvalue weighted by Crippen LogP contribution is 2.42. The first-order valence-electron chi connectivity index (χ1n) is 6.57. The molecule has 3 nitrogen and oxygen atoms in total. The Hall–Kier alpha value is -1.03. The lowest BCUT2D eigenvalue weighted by molar-refractivity contribution is 0.480. The monoisotopic (exact) mass is 306 g/mol. The third-order valence-electron chi connectivity index (χ3n) is 4.28. The van der Waals surface area contributed by atoms with Gasteiger partial charge in [-0.25, -0.2) is 4.98 Å². The minimum Gasteiger partial charge on any atom is -0.464 e. The Labute approximate surface area is 114 Å². The van der Waals surface area contributed by atoms with Crippen LogP contribution >= 0.6 is 15.9 Å². The maximum Gasteiger partial charge on any atom is 0.140 e. The molecule has 2 fully saturated rings. The lowest BCUT2D eigenvalue weighted by Crippen LogP contribution is -2.43. The molecule has 0 radical (unpaired) electrons. The maximum atomic E-state index is 5.49. The van der Waals surface area contributed by atoms with Crippen LogP contribution in [0.1, 0.15) is 25.7 Å². The smallest absolute Gasteiger partial charge is 0.140 e. The Morgan fingerprint density at radius 2 is 2.00 bits per heavy atom. The number of hydrogen-bond donors (Lipinski definition) is 0. The summed E-state index contributed by atoms with van der Waals surface area (Å²) in [6.45, 7) is 0. The molecule has 2 unspecified atom stereocenters. The van der Waals surface area contributed by atoms with Crippen molar-refractivity contribution in [2.45, 2.75) is 42.6 Å². The number of alkyl halides is 1. The van der Waals surface area contributed by atoms with E-state index in [-0.39, 0.29) is 0 Å². The van der Waals surface area contributed by atoms with Crippen molar-refractivity contribution >= 4 is 32.7 Å². The van der Waals surface area contributed by atoms with Crippen molar-refractivity contribution in [1.82, 2.24) is 4.98 Å². The van der Waals surface area contributed by atoms with Gasteiger partial charge in [0.05, 0.1) is 11.6 Å². The highest BCUT2D eigenvalue weighted by atomic mass is 79.9. The molecule has 2 atom stereocenters. The van der Waals surface area contributed by atoms with Crippen LogP contribution in [0.2, 0.25) is 0 Å². The van der Waals surface area contributed by atoms with E-state index in [1.54, 1.807) is 6.26 Å². The standard InChI is InChI=1S/C14H15BrN2O/c15-9-7-10-1-2-11(8-9)17(10)14-12-4-6-18-13(12)3-5-16-14/h3-6,9-11H,1-2,7-8H2. The summed E-state index contributed by atoms with van der Waals surface area (Å²) in [5, 5.41) is 1.16. The van der Waals surface area contributed by atoms with Crippen molar-refractivity contribution in [3.05, 3.63) is 24.6 Å². The van der Waals surface area contributed by atoms with Gasteiger partial charge in [-0.05, 0) is 37.8 Å². The minimum absolute atomic E-state index is 0.640. The van der Waals surface area contributed by atoms with Crippen LogP contribution in [0.25, 0.3) is 11.0 Å². The summed E-state index contributed by atoms with van der Waals surface area (Å²) in [5.74, 6) is 1.12. The molecule has 0 N–H and O–H groups in total. The summed E-state index contributed by atoms with van der Waals surface area (Å²) in [5.41, 5.74) is 0.945. The number of rotatable bonds is 1. The van der Waals surface area contributed by atoms with E-state index in [0.717, 1.165) is 16.8 Å². The van der Waals surface area contributed by atoms with Gasteiger partial charge < -0.3 is 9.32 Å². The molecule has 0 saturated carbocycles. The summed E-state index contributed by atoms with van der Waals surface area (Å²) in [6, 6.07) is 5.26. The van der Waals surface area contributed by atoms with Gasteiger partial charge in [0.25, 0.3) is 0 Å². The number of piperidine rings is 1. The normalized spacial score (nSPS) is 31.2. The van der Waals surface area contributed by atoms with Gasteiger partial charge in [0.15, 0.2) is 0 Å². The first kappa shape index (κ1) is 10.9. The third kappa shape index (κ3) is 1.51. The Morgan fingerprint density at radius 1 is 1.22 bits per heavy atom. The zero-order chi connectivity index (χ0) is 12.1. The average Bonchev–Trinajstić information content (AvgIpc) is 2.92. The molecule has 2 aliphatic heterocycles. The van der Waals surface area contributed by atoms with Gasteiger partial charge in [-0.15, -0.1) is 0 Å². The van der Waals surface area contributed by atoms with E-state index in [4.69, 9.17) is 4.42 Å². The summed E-state index contributed by atoms with van der Waals surface area (Å²) in [6.07, 6.45) is 8.67. The molecule has 0 aliphatic carbocycles. The van der Waals surface area contributed by atoms with E-state index in [2.05, 4.69) is 25.8 Å². The Balaban J connectivity index is 1.81. The molecule has 4 rings (SSSR count). The van der Waals surface area contributed by atoms with Crippen LogP contribution in [-0.4, -0.2) is 21.9 Å². The zero-order valence-electron chi connectivity index (χ0n) is 10.1. The Kier molecular flexibility index (Phi) is 2.40. The molecule has 0 spiro atoms. The number of furan rings is 1. The van der Waals surface area contributed by atoms with Crippen LogP contribution in [0.3, 0.4) is 0 Å². The second-order valence-corrected chi connectivity index (χ2v) is 6.62. The highest BCUT2D eigenvalue weighted by molar-refractivity contribution is 9.09. The van der Waals surface area contributed by atoms with Gasteiger partial charge in [-0.1, -0.05) is 15.9 Å². The summed E-state index contributed by atoms with van der Waals surface area (Å²) < 4.78 is 5.49. The van der Waals surface area contributed by atoms with Crippen LogP contribution in [0.15, 0.2) is 29.0 Å². The van der Waals surface area contributed by atoms with E-state index in [1.165, 1.54) is 25.7 Å². The van der Waals surface area contributed by atoms with Gasteiger partial charge in [-0.3, -0.25) is 0 Å². The van der Waals surface area contributed by atoms with E-state index in [9.17, 15) is 0 Å². The topological polar surface area (TPSA) is 29.3 Å². The van der Waals surface area contributed by atoms with Crippen molar-refractivity contribution in [1.29, 1.82) is 0 Å². The van der Waals surface area contributed by atoms with Crippen molar-refractivity contribution in [3.63, 3.8) is 0 Å². The molecule has 2 aliphatic rings. The van der Waals surface area contributed by atoms with E-state index >= 15 is 0 Å². The first-order chi connectivity index (χ1) is 8.83. The summed E-state index contributed by atoms with van der Waals surface area (Å²) in [7, 11) is 0. The van der Waals surface area contributed by atoms with Crippen LogP contribution in [0, 0.1) is 0 Å². The Bertz CT molecular complexity index is 568. The molecule has 94 valence electrons. The fourth-order valence-corrected chi connectivity index (χ4v) is 4.41. The number of anilines is 1. The molecule has 2 bridgehead atoms. The van der Waals surface area contributed by atoms with E-state index in [0.29, 0.717) is 16.9 Å². The molecule has 2 aromatic heterocycles. The van der Waals surface area contributed by atoms with Gasteiger partial charge in [0.2, 0.25) is 0 Å². The molecule has 2 aromatic rings. The quantitative estimate of drug-likeness (QED) is 0.752. The minimum atomic E-state index is 0.640.